The first-order chi connectivity index (χ1) is 13.1. The van der Waals surface area contributed by atoms with Gasteiger partial charge in [0.2, 0.25) is 5.95 Å². The second kappa shape index (κ2) is 6.99. The summed E-state index contributed by atoms with van der Waals surface area (Å²) < 4.78 is 14.2. The normalized spacial score (nSPS) is 15.1. The quantitative estimate of drug-likeness (QED) is 0.671. The Balaban J connectivity index is 1.47. The first-order valence-corrected chi connectivity index (χ1v) is 9.31. The zero-order chi connectivity index (χ0) is 18.9. The van der Waals surface area contributed by atoms with E-state index in [0.717, 1.165) is 19.3 Å². The Morgan fingerprint density at radius 2 is 2.07 bits per heavy atom. The van der Waals surface area contributed by atoms with Crippen LogP contribution in [0, 0.1) is 5.82 Å². The lowest BCUT2D eigenvalue weighted by atomic mass is 9.66. The number of carbonyl (C=O) groups is 1. The summed E-state index contributed by atoms with van der Waals surface area (Å²) in [6.45, 7) is 0.501. The number of aromatic nitrogens is 4. The van der Waals surface area contributed by atoms with E-state index in [2.05, 4.69) is 25.3 Å². The van der Waals surface area contributed by atoms with Gasteiger partial charge >= 0.3 is 5.97 Å². The summed E-state index contributed by atoms with van der Waals surface area (Å²) in [6, 6.07) is 3.03. The van der Waals surface area contributed by atoms with Crippen LogP contribution in [0.15, 0.2) is 36.1 Å². The molecule has 3 aromatic rings. The number of hydrogen-bond acceptors (Lipinski definition) is 7. The number of nitrogens with zero attached hydrogens (tertiary/aromatic N) is 4. The molecule has 1 fully saturated rings. The number of nitrogens with one attached hydrogen (secondary N) is 1. The smallest absolute Gasteiger partial charge is 0.355 e. The van der Waals surface area contributed by atoms with Gasteiger partial charge in [-0.1, -0.05) is 6.42 Å². The van der Waals surface area contributed by atoms with Crippen LogP contribution >= 0.6 is 11.3 Å². The zero-order valence-corrected chi connectivity index (χ0v) is 15.0. The first kappa shape index (κ1) is 17.5. The maximum Gasteiger partial charge on any atom is 0.355 e. The summed E-state index contributed by atoms with van der Waals surface area (Å²) in [4.78, 5) is 27.7. The van der Waals surface area contributed by atoms with Crippen molar-refractivity contribution < 1.29 is 14.3 Å². The molecule has 1 aliphatic rings. The Morgan fingerprint density at radius 3 is 2.67 bits per heavy atom. The van der Waals surface area contributed by atoms with E-state index in [-0.39, 0.29) is 16.9 Å². The van der Waals surface area contributed by atoms with E-state index in [9.17, 15) is 9.18 Å². The van der Waals surface area contributed by atoms with E-state index in [1.54, 1.807) is 24.7 Å². The maximum atomic E-state index is 14.2. The summed E-state index contributed by atoms with van der Waals surface area (Å²) in [5.74, 6) is -0.922. The Labute approximate surface area is 158 Å². The second-order valence-corrected chi connectivity index (χ2v) is 7.32. The molecule has 3 aromatic heterocycles. The van der Waals surface area contributed by atoms with Gasteiger partial charge in [0, 0.05) is 41.5 Å². The molecule has 4 rings (SSSR count). The minimum absolute atomic E-state index is 0.00140. The van der Waals surface area contributed by atoms with Gasteiger partial charge in [-0.15, -0.1) is 11.3 Å². The highest BCUT2D eigenvalue weighted by atomic mass is 32.1. The molecule has 1 saturated carbocycles. The molecule has 0 aliphatic heterocycles. The molecule has 138 valence electrons. The second-order valence-electron chi connectivity index (χ2n) is 6.46. The van der Waals surface area contributed by atoms with E-state index in [0.29, 0.717) is 28.8 Å². The van der Waals surface area contributed by atoms with Gasteiger partial charge in [0.25, 0.3) is 0 Å². The third-order valence-electron chi connectivity index (χ3n) is 4.78. The van der Waals surface area contributed by atoms with E-state index in [4.69, 9.17) is 5.11 Å². The van der Waals surface area contributed by atoms with Gasteiger partial charge < -0.3 is 10.4 Å². The van der Waals surface area contributed by atoms with Crippen molar-refractivity contribution in [3.63, 3.8) is 0 Å². The molecule has 1 aliphatic carbocycles. The van der Waals surface area contributed by atoms with Crippen molar-refractivity contribution >= 4 is 23.3 Å². The van der Waals surface area contributed by atoms with Crippen molar-refractivity contribution in [2.45, 2.75) is 24.7 Å². The highest BCUT2D eigenvalue weighted by Crippen LogP contribution is 2.43. The topological polar surface area (TPSA) is 101 Å². The zero-order valence-electron chi connectivity index (χ0n) is 14.2. The van der Waals surface area contributed by atoms with Gasteiger partial charge in [0.05, 0.1) is 5.69 Å². The molecule has 9 heteroatoms. The Hall–Kier alpha value is -2.94. The molecule has 27 heavy (non-hydrogen) atoms. The van der Waals surface area contributed by atoms with Crippen LogP contribution in [-0.4, -0.2) is 37.6 Å². The van der Waals surface area contributed by atoms with Crippen LogP contribution < -0.4 is 5.32 Å². The molecule has 0 saturated heterocycles. The maximum absolute atomic E-state index is 14.2. The minimum Gasteiger partial charge on any atom is -0.476 e. The lowest BCUT2D eigenvalue weighted by Gasteiger charge is -2.41. The molecule has 0 atom stereocenters. The molecule has 0 unspecified atom stereocenters. The number of rotatable bonds is 6. The van der Waals surface area contributed by atoms with Crippen molar-refractivity contribution in [3.05, 3.63) is 53.3 Å². The lowest BCUT2D eigenvalue weighted by Crippen LogP contribution is -2.42. The fraction of sp³-hybridized carbons (Fsp3) is 0.278. The molecule has 3 heterocycles. The third-order valence-corrected chi connectivity index (χ3v) is 5.67. The van der Waals surface area contributed by atoms with Gasteiger partial charge in [-0.25, -0.2) is 24.1 Å². The highest BCUT2D eigenvalue weighted by molar-refractivity contribution is 7.13. The van der Waals surface area contributed by atoms with Crippen LogP contribution in [0.1, 0.15) is 35.4 Å². The van der Waals surface area contributed by atoms with Crippen LogP contribution in [0.2, 0.25) is 0 Å². The standard InChI is InChI=1S/C18H16FN5O2S/c19-12-3-1-6-20-14(12)18(4-2-5-18)10-23-17-21-7-11(8-22-17)15-24-13(9-27-15)16(25)26/h1,3,6-9H,2,4-5,10H2,(H,25,26)(H,21,22,23). The number of pyridine rings is 1. The first-order valence-electron chi connectivity index (χ1n) is 8.43. The van der Waals surface area contributed by atoms with E-state index in [1.165, 1.54) is 22.8 Å². The number of hydrogen-bond donors (Lipinski definition) is 2. The number of aromatic carboxylic acids is 1. The highest BCUT2D eigenvalue weighted by Gasteiger charge is 2.41. The largest absolute Gasteiger partial charge is 0.476 e. The molecule has 0 aromatic carbocycles. The summed E-state index contributed by atoms with van der Waals surface area (Å²) in [5, 5.41) is 14.1. The Morgan fingerprint density at radius 1 is 1.30 bits per heavy atom. The molecule has 7 nitrogen and oxygen atoms in total. The monoisotopic (exact) mass is 385 g/mol. The number of thiazole rings is 1. The Kier molecular flexibility index (Phi) is 4.53. The fourth-order valence-electron chi connectivity index (χ4n) is 3.16. The van der Waals surface area contributed by atoms with Gasteiger partial charge in [0.1, 0.15) is 10.8 Å². The van der Waals surface area contributed by atoms with Gasteiger partial charge in [-0.3, -0.25) is 4.98 Å². The van der Waals surface area contributed by atoms with Gasteiger partial charge in [-0.2, -0.15) is 0 Å². The van der Waals surface area contributed by atoms with Crippen molar-refractivity contribution in [2.75, 3.05) is 11.9 Å². The molecule has 2 N–H and O–H groups in total. The molecule has 0 spiro atoms. The van der Waals surface area contributed by atoms with Crippen LogP contribution in [-0.2, 0) is 5.41 Å². The summed E-state index contributed by atoms with van der Waals surface area (Å²) in [5.41, 5.74) is 0.803. The van der Waals surface area contributed by atoms with Crippen molar-refractivity contribution in [3.8, 4) is 10.6 Å². The predicted molar refractivity (Wildman–Crippen MR) is 98.3 cm³/mol. The van der Waals surface area contributed by atoms with E-state index in [1.807, 2.05) is 0 Å². The van der Waals surface area contributed by atoms with Gasteiger partial charge in [-0.05, 0) is 25.0 Å². The third kappa shape index (κ3) is 3.37. The van der Waals surface area contributed by atoms with Crippen LogP contribution in [0.3, 0.4) is 0 Å². The van der Waals surface area contributed by atoms with Crippen LogP contribution in [0.4, 0.5) is 10.3 Å². The lowest BCUT2D eigenvalue weighted by molar-refractivity contribution is 0.0691. The van der Waals surface area contributed by atoms with Crippen molar-refractivity contribution in [1.82, 2.24) is 19.9 Å². The molecule has 0 radical (unpaired) electrons. The molecular weight excluding hydrogens is 369 g/mol. The molecular formula is C18H16FN5O2S. The van der Waals surface area contributed by atoms with Gasteiger partial charge in [0.15, 0.2) is 5.69 Å². The molecule has 0 amide bonds. The van der Waals surface area contributed by atoms with Crippen molar-refractivity contribution in [1.29, 1.82) is 0 Å². The number of anilines is 1. The summed E-state index contributed by atoms with van der Waals surface area (Å²) >= 11 is 1.22. The fourth-order valence-corrected chi connectivity index (χ4v) is 3.93. The predicted octanol–water partition coefficient (Wildman–Crippen LogP) is 3.37. The summed E-state index contributed by atoms with van der Waals surface area (Å²) in [6.07, 6.45) is 7.56. The average molecular weight is 385 g/mol. The van der Waals surface area contributed by atoms with Crippen LogP contribution in [0.5, 0.6) is 0 Å². The van der Waals surface area contributed by atoms with Crippen LogP contribution in [0.25, 0.3) is 10.6 Å². The SMILES string of the molecule is O=C(O)c1csc(-c2cnc(NCC3(c4ncccc4F)CCC3)nc2)n1. The average Bonchev–Trinajstić information content (AvgIpc) is 3.13. The van der Waals surface area contributed by atoms with Crippen molar-refractivity contribution in [2.24, 2.45) is 0 Å². The minimum atomic E-state index is -1.07. The van der Waals surface area contributed by atoms with E-state index >= 15 is 0 Å². The summed E-state index contributed by atoms with van der Waals surface area (Å²) in [7, 11) is 0. The van der Waals surface area contributed by atoms with E-state index < -0.39 is 5.97 Å². The molecule has 0 bridgehead atoms. The Bertz CT molecular complexity index is 972. The number of carboxylic acid groups (broad SMARTS) is 1. The number of halogens is 1. The number of carboxylic acids is 1.